The average molecular weight is 358 g/mol. The lowest BCUT2D eigenvalue weighted by Gasteiger charge is -2.08. The van der Waals surface area contributed by atoms with Crippen LogP contribution in [0.4, 0.5) is 5.82 Å². The lowest BCUT2D eigenvalue weighted by Crippen LogP contribution is -2.14. The number of nitrogens with zero attached hydrogens (tertiary/aromatic N) is 3. The standard InChI is InChI=1S/C21H18N4O2/c1-14-20(24-21(27)17-5-3-2-4-6-17)25-12-18(22-11-19(25)23-14)16-9-7-15(13-26)8-10-16/h2-12,26H,13H2,1H3,(H,24,27). The molecule has 4 aromatic rings. The molecule has 2 aromatic heterocycles. The Kier molecular flexibility index (Phi) is 4.40. The highest BCUT2D eigenvalue weighted by atomic mass is 16.3. The third-order valence-corrected chi connectivity index (χ3v) is 4.38. The summed E-state index contributed by atoms with van der Waals surface area (Å²) >= 11 is 0. The number of aryl methyl sites for hydroxylation is 1. The van der Waals surface area contributed by atoms with E-state index in [4.69, 9.17) is 0 Å². The van der Waals surface area contributed by atoms with Crippen LogP contribution in [0.1, 0.15) is 21.6 Å². The van der Waals surface area contributed by atoms with Crippen LogP contribution in [0.15, 0.2) is 67.0 Å². The number of aliphatic hydroxyl groups is 1. The number of benzene rings is 2. The number of hydrogen-bond acceptors (Lipinski definition) is 4. The van der Waals surface area contributed by atoms with Crippen molar-refractivity contribution in [1.82, 2.24) is 14.4 Å². The van der Waals surface area contributed by atoms with Crippen molar-refractivity contribution in [2.24, 2.45) is 0 Å². The van der Waals surface area contributed by atoms with E-state index in [1.165, 1.54) is 0 Å². The lowest BCUT2D eigenvalue weighted by atomic mass is 10.1. The Balaban J connectivity index is 1.72. The van der Waals surface area contributed by atoms with E-state index in [2.05, 4.69) is 15.3 Å². The van der Waals surface area contributed by atoms with Gasteiger partial charge < -0.3 is 10.4 Å². The smallest absolute Gasteiger partial charge is 0.256 e. The van der Waals surface area contributed by atoms with Gasteiger partial charge in [0.25, 0.3) is 5.91 Å². The SMILES string of the molecule is Cc1nc2cnc(-c3ccc(CO)cc3)cn2c1NC(=O)c1ccccc1. The first-order valence-electron chi connectivity index (χ1n) is 8.57. The lowest BCUT2D eigenvalue weighted by molar-refractivity contribution is 0.102. The first kappa shape index (κ1) is 16.9. The molecule has 0 aliphatic heterocycles. The quantitative estimate of drug-likeness (QED) is 0.586. The molecule has 6 heteroatoms. The van der Waals surface area contributed by atoms with Crippen molar-refractivity contribution < 1.29 is 9.90 Å². The first-order chi connectivity index (χ1) is 13.2. The van der Waals surface area contributed by atoms with Crippen molar-refractivity contribution >= 4 is 17.4 Å². The molecule has 0 bridgehead atoms. The second kappa shape index (κ2) is 7.01. The maximum Gasteiger partial charge on any atom is 0.256 e. The van der Waals surface area contributed by atoms with E-state index in [9.17, 15) is 9.90 Å². The number of aromatic nitrogens is 3. The molecule has 0 aliphatic carbocycles. The van der Waals surface area contributed by atoms with Crippen molar-refractivity contribution in [2.45, 2.75) is 13.5 Å². The van der Waals surface area contributed by atoms with Crippen LogP contribution in [-0.2, 0) is 6.61 Å². The highest BCUT2D eigenvalue weighted by Crippen LogP contribution is 2.23. The fourth-order valence-electron chi connectivity index (χ4n) is 2.92. The summed E-state index contributed by atoms with van der Waals surface area (Å²) in [4.78, 5) is 21.5. The van der Waals surface area contributed by atoms with Gasteiger partial charge >= 0.3 is 0 Å². The summed E-state index contributed by atoms with van der Waals surface area (Å²) in [7, 11) is 0. The molecule has 0 atom stereocenters. The molecule has 4 rings (SSSR count). The van der Waals surface area contributed by atoms with Crippen LogP contribution in [-0.4, -0.2) is 25.4 Å². The Labute approximate surface area is 156 Å². The largest absolute Gasteiger partial charge is 0.392 e. The van der Waals surface area contributed by atoms with Gasteiger partial charge in [-0.15, -0.1) is 0 Å². The van der Waals surface area contributed by atoms with Gasteiger partial charge in [-0.3, -0.25) is 14.2 Å². The van der Waals surface area contributed by atoms with Gasteiger partial charge in [-0.2, -0.15) is 0 Å². The summed E-state index contributed by atoms with van der Waals surface area (Å²) in [5.74, 6) is 0.431. The van der Waals surface area contributed by atoms with Crippen LogP contribution in [0.2, 0.25) is 0 Å². The number of amides is 1. The van der Waals surface area contributed by atoms with Crippen LogP contribution in [0, 0.1) is 6.92 Å². The Morgan fingerprint density at radius 3 is 2.56 bits per heavy atom. The monoisotopic (exact) mass is 358 g/mol. The zero-order chi connectivity index (χ0) is 18.8. The van der Waals surface area contributed by atoms with Crippen molar-refractivity contribution in [1.29, 1.82) is 0 Å². The van der Waals surface area contributed by atoms with E-state index in [1.54, 1.807) is 18.3 Å². The van der Waals surface area contributed by atoms with Gasteiger partial charge in [-0.05, 0) is 24.6 Å². The third kappa shape index (κ3) is 3.30. The van der Waals surface area contributed by atoms with Crippen molar-refractivity contribution in [3.8, 4) is 11.3 Å². The predicted octanol–water partition coefficient (Wildman–Crippen LogP) is 3.45. The molecule has 0 aliphatic rings. The zero-order valence-electron chi connectivity index (χ0n) is 14.8. The fraction of sp³-hybridized carbons (Fsp3) is 0.0952. The molecular weight excluding hydrogens is 340 g/mol. The number of aliphatic hydroxyl groups excluding tert-OH is 1. The van der Waals surface area contributed by atoms with Crippen LogP contribution in [0.3, 0.4) is 0 Å². The highest BCUT2D eigenvalue weighted by Gasteiger charge is 2.14. The Morgan fingerprint density at radius 2 is 1.85 bits per heavy atom. The molecule has 0 saturated heterocycles. The number of hydrogen-bond donors (Lipinski definition) is 2. The number of fused-ring (bicyclic) bond motifs is 1. The van der Waals surface area contributed by atoms with E-state index in [0.29, 0.717) is 22.7 Å². The zero-order valence-corrected chi connectivity index (χ0v) is 14.8. The predicted molar refractivity (Wildman–Crippen MR) is 103 cm³/mol. The summed E-state index contributed by atoms with van der Waals surface area (Å²) in [6, 6.07) is 16.6. The number of nitrogens with one attached hydrogen (secondary N) is 1. The molecule has 2 aromatic carbocycles. The molecule has 6 nitrogen and oxygen atoms in total. The molecule has 27 heavy (non-hydrogen) atoms. The van der Waals surface area contributed by atoms with Gasteiger partial charge in [0, 0.05) is 17.3 Å². The van der Waals surface area contributed by atoms with Crippen molar-refractivity contribution in [2.75, 3.05) is 5.32 Å². The summed E-state index contributed by atoms with van der Waals surface area (Å²) in [6.45, 7) is 1.85. The molecule has 0 unspecified atom stereocenters. The van der Waals surface area contributed by atoms with Gasteiger partial charge in [0.05, 0.1) is 24.2 Å². The van der Waals surface area contributed by atoms with E-state index < -0.39 is 0 Å². The van der Waals surface area contributed by atoms with E-state index in [1.807, 2.05) is 60.0 Å². The minimum atomic E-state index is -0.189. The highest BCUT2D eigenvalue weighted by molar-refractivity contribution is 6.04. The molecule has 2 N–H and O–H groups in total. The maximum atomic E-state index is 12.5. The Bertz CT molecular complexity index is 1100. The first-order valence-corrected chi connectivity index (χ1v) is 8.57. The van der Waals surface area contributed by atoms with E-state index >= 15 is 0 Å². The maximum absolute atomic E-state index is 12.5. The normalized spacial score (nSPS) is 10.9. The molecular formula is C21H18N4O2. The minimum absolute atomic E-state index is 0.00310. The second-order valence-corrected chi connectivity index (χ2v) is 6.22. The van der Waals surface area contributed by atoms with Crippen LogP contribution >= 0.6 is 0 Å². The number of imidazole rings is 1. The van der Waals surface area contributed by atoms with Crippen molar-refractivity contribution in [3.63, 3.8) is 0 Å². The van der Waals surface area contributed by atoms with E-state index in [0.717, 1.165) is 16.8 Å². The molecule has 1 amide bonds. The summed E-state index contributed by atoms with van der Waals surface area (Å²) in [5, 5.41) is 12.1. The topological polar surface area (TPSA) is 79.5 Å². The number of carbonyl (C=O) groups is 1. The second-order valence-electron chi connectivity index (χ2n) is 6.22. The number of rotatable bonds is 4. The summed E-state index contributed by atoms with van der Waals surface area (Å²) in [5.41, 5.74) is 4.47. The van der Waals surface area contributed by atoms with Crippen LogP contribution in [0.5, 0.6) is 0 Å². The van der Waals surface area contributed by atoms with Gasteiger partial charge in [0.2, 0.25) is 0 Å². The Morgan fingerprint density at radius 1 is 1.11 bits per heavy atom. The van der Waals surface area contributed by atoms with Crippen LogP contribution < -0.4 is 5.32 Å². The summed E-state index contributed by atoms with van der Waals surface area (Å²) in [6.07, 6.45) is 3.53. The van der Waals surface area contributed by atoms with Crippen molar-refractivity contribution in [3.05, 3.63) is 83.8 Å². The van der Waals surface area contributed by atoms with E-state index in [-0.39, 0.29) is 12.5 Å². The Hall–Kier alpha value is -3.51. The summed E-state index contributed by atoms with van der Waals surface area (Å²) < 4.78 is 1.83. The molecule has 2 heterocycles. The van der Waals surface area contributed by atoms with Crippen LogP contribution in [0.25, 0.3) is 16.9 Å². The van der Waals surface area contributed by atoms with Gasteiger partial charge in [0.1, 0.15) is 5.82 Å². The molecule has 134 valence electrons. The minimum Gasteiger partial charge on any atom is -0.392 e. The number of anilines is 1. The third-order valence-electron chi connectivity index (χ3n) is 4.38. The molecule has 0 fully saturated rings. The molecule has 0 spiro atoms. The molecule has 0 radical (unpaired) electrons. The number of carbonyl (C=O) groups excluding carboxylic acids is 1. The fourth-order valence-corrected chi connectivity index (χ4v) is 2.92. The average Bonchev–Trinajstić information content (AvgIpc) is 3.03. The van der Waals surface area contributed by atoms with Gasteiger partial charge in [-0.1, -0.05) is 42.5 Å². The van der Waals surface area contributed by atoms with Gasteiger partial charge in [-0.25, -0.2) is 4.98 Å². The molecule has 0 saturated carbocycles. The van der Waals surface area contributed by atoms with Gasteiger partial charge in [0.15, 0.2) is 5.65 Å².